The number of aliphatic carboxylic acids is 1. The van der Waals surface area contributed by atoms with E-state index in [4.69, 9.17) is 9.84 Å². The average molecular weight is 339 g/mol. The third kappa shape index (κ3) is 6.14. The van der Waals surface area contributed by atoms with Gasteiger partial charge in [-0.1, -0.05) is 30.3 Å². The van der Waals surface area contributed by atoms with E-state index in [0.717, 1.165) is 22.8 Å². The molecule has 0 bridgehead atoms. The first-order valence-electron chi connectivity index (χ1n) is 7.84. The van der Waals surface area contributed by atoms with Crippen LogP contribution < -0.4 is 5.32 Å². The number of carbonyl (C=O) groups excluding carboxylic acids is 1. The molecule has 0 saturated carbocycles. The first-order chi connectivity index (χ1) is 11.7. The van der Waals surface area contributed by atoms with Crippen LogP contribution in [0, 0.1) is 0 Å². The molecule has 0 saturated heterocycles. The van der Waals surface area contributed by atoms with Gasteiger partial charge in [0.15, 0.2) is 0 Å². The van der Waals surface area contributed by atoms with Gasteiger partial charge < -0.3 is 9.84 Å². The topological polar surface area (TPSA) is 75.6 Å². The molecule has 2 aromatic rings. The first-order valence-corrected chi connectivity index (χ1v) is 7.84. The Bertz CT molecular complexity index is 786. The van der Waals surface area contributed by atoms with Crippen molar-refractivity contribution in [1.29, 1.82) is 0 Å². The van der Waals surface area contributed by atoms with Crippen LogP contribution in [0.2, 0.25) is 0 Å². The van der Waals surface area contributed by atoms with Gasteiger partial charge in [0.25, 0.3) is 0 Å². The molecule has 0 unspecified atom stereocenters. The smallest absolute Gasteiger partial charge is 0.412 e. The zero-order valence-corrected chi connectivity index (χ0v) is 14.4. The Morgan fingerprint density at radius 1 is 1.04 bits per heavy atom. The van der Waals surface area contributed by atoms with E-state index in [1.54, 1.807) is 18.2 Å². The van der Waals surface area contributed by atoms with Crippen molar-refractivity contribution in [1.82, 2.24) is 0 Å². The van der Waals surface area contributed by atoms with Gasteiger partial charge in [-0.25, -0.2) is 9.59 Å². The van der Waals surface area contributed by atoms with E-state index in [2.05, 4.69) is 5.32 Å². The maximum atomic E-state index is 11.8. The zero-order valence-electron chi connectivity index (χ0n) is 14.4. The fourth-order valence-corrected chi connectivity index (χ4v) is 2.16. The molecular weight excluding hydrogens is 318 g/mol. The Labute approximate surface area is 146 Å². The van der Waals surface area contributed by atoms with Crippen LogP contribution in [0.3, 0.4) is 0 Å². The highest BCUT2D eigenvalue weighted by Crippen LogP contribution is 2.23. The van der Waals surface area contributed by atoms with Crippen molar-refractivity contribution in [2.24, 2.45) is 0 Å². The largest absolute Gasteiger partial charge is 0.478 e. The quantitative estimate of drug-likeness (QED) is 0.785. The number of nitrogens with one attached hydrogen (secondary N) is 1. The van der Waals surface area contributed by atoms with E-state index in [-0.39, 0.29) is 0 Å². The molecule has 130 valence electrons. The molecule has 0 aromatic heterocycles. The minimum Gasteiger partial charge on any atom is -0.478 e. The van der Waals surface area contributed by atoms with Gasteiger partial charge >= 0.3 is 12.1 Å². The van der Waals surface area contributed by atoms with Crippen LogP contribution in [0.25, 0.3) is 17.2 Å². The second-order valence-electron chi connectivity index (χ2n) is 6.50. The summed E-state index contributed by atoms with van der Waals surface area (Å²) >= 11 is 0. The van der Waals surface area contributed by atoms with Crippen LogP contribution in [-0.4, -0.2) is 22.8 Å². The second kappa shape index (κ2) is 7.66. The number of carboxylic acids is 1. The average Bonchev–Trinajstić information content (AvgIpc) is 2.52. The molecule has 2 rings (SSSR count). The monoisotopic (exact) mass is 339 g/mol. The maximum absolute atomic E-state index is 11.8. The molecule has 25 heavy (non-hydrogen) atoms. The normalized spacial score (nSPS) is 11.3. The SMILES string of the molecule is CC(C)(C)OC(=O)Nc1ccc(-c2cccc(/C=C/C(=O)O)c2)cc1. The number of carbonyl (C=O) groups is 2. The van der Waals surface area contributed by atoms with Crippen LogP contribution in [0.15, 0.2) is 54.6 Å². The van der Waals surface area contributed by atoms with Crippen molar-refractivity contribution in [2.75, 3.05) is 5.32 Å². The van der Waals surface area contributed by atoms with Crippen LogP contribution in [0.1, 0.15) is 26.3 Å². The number of hydrogen-bond donors (Lipinski definition) is 2. The minimum absolute atomic E-state index is 0.499. The minimum atomic E-state index is -0.983. The van der Waals surface area contributed by atoms with Crippen molar-refractivity contribution in [3.63, 3.8) is 0 Å². The number of ether oxygens (including phenoxy) is 1. The molecule has 0 spiro atoms. The molecule has 0 aliphatic rings. The highest BCUT2D eigenvalue weighted by atomic mass is 16.6. The van der Waals surface area contributed by atoms with Gasteiger partial charge in [-0.05, 0) is 61.7 Å². The lowest BCUT2D eigenvalue weighted by molar-refractivity contribution is -0.131. The summed E-state index contributed by atoms with van der Waals surface area (Å²) in [5.74, 6) is -0.983. The lowest BCUT2D eigenvalue weighted by atomic mass is 10.0. The number of benzene rings is 2. The molecule has 0 aliphatic carbocycles. The fourth-order valence-electron chi connectivity index (χ4n) is 2.16. The standard InChI is InChI=1S/C20H21NO4/c1-20(2,3)25-19(24)21-17-10-8-15(9-11-17)16-6-4-5-14(13-16)7-12-18(22)23/h4-13H,1-3H3,(H,21,24)(H,22,23)/b12-7+. The molecule has 0 atom stereocenters. The molecule has 0 aliphatic heterocycles. The molecule has 0 heterocycles. The predicted molar refractivity (Wildman–Crippen MR) is 98.4 cm³/mol. The summed E-state index contributed by atoms with van der Waals surface area (Å²) in [4.78, 5) is 22.4. The Morgan fingerprint density at radius 3 is 2.32 bits per heavy atom. The highest BCUT2D eigenvalue weighted by molar-refractivity contribution is 5.86. The Kier molecular flexibility index (Phi) is 5.60. The molecule has 2 aromatic carbocycles. The van der Waals surface area contributed by atoms with E-state index in [9.17, 15) is 9.59 Å². The van der Waals surface area contributed by atoms with Crippen molar-refractivity contribution >= 4 is 23.8 Å². The van der Waals surface area contributed by atoms with Gasteiger partial charge in [0.05, 0.1) is 0 Å². The van der Waals surface area contributed by atoms with Crippen molar-refractivity contribution < 1.29 is 19.4 Å². The Balaban J connectivity index is 2.11. The van der Waals surface area contributed by atoms with E-state index < -0.39 is 17.7 Å². The number of rotatable bonds is 4. The number of hydrogen-bond acceptors (Lipinski definition) is 3. The number of anilines is 1. The van der Waals surface area contributed by atoms with E-state index in [1.165, 1.54) is 0 Å². The lowest BCUT2D eigenvalue weighted by Crippen LogP contribution is -2.27. The van der Waals surface area contributed by atoms with Crippen LogP contribution in [-0.2, 0) is 9.53 Å². The summed E-state index contributed by atoms with van der Waals surface area (Å²) in [5.41, 5.74) is 2.81. The first kappa shape index (κ1) is 18.3. The molecule has 0 fully saturated rings. The third-order valence-electron chi connectivity index (χ3n) is 3.17. The van der Waals surface area contributed by atoms with Crippen LogP contribution in [0.4, 0.5) is 10.5 Å². The molecule has 5 nitrogen and oxygen atoms in total. The summed E-state index contributed by atoms with van der Waals surface area (Å²) in [7, 11) is 0. The third-order valence-corrected chi connectivity index (χ3v) is 3.17. The lowest BCUT2D eigenvalue weighted by Gasteiger charge is -2.19. The van der Waals surface area contributed by atoms with Gasteiger partial charge in [-0.15, -0.1) is 0 Å². The predicted octanol–water partition coefficient (Wildman–Crippen LogP) is 4.80. The highest BCUT2D eigenvalue weighted by Gasteiger charge is 2.16. The Hall–Kier alpha value is -3.08. The van der Waals surface area contributed by atoms with Gasteiger partial charge in [-0.3, -0.25) is 5.32 Å². The zero-order chi connectivity index (χ0) is 18.4. The molecule has 1 amide bonds. The van der Waals surface area contributed by atoms with E-state index >= 15 is 0 Å². The summed E-state index contributed by atoms with van der Waals surface area (Å²) < 4.78 is 5.21. The van der Waals surface area contributed by atoms with Crippen molar-refractivity contribution in [2.45, 2.75) is 26.4 Å². The Morgan fingerprint density at radius 2 is 1.72 bits per heavy atom. The van der Waals surface area contributed by atoms with Gasteiger partial charge in [-0.2, -0.15) is 0 Å². The van der Waals surface area contributed by atoms with Crippen molar-refractivity contribution in [3.05, 3.63) is 60.2 Å². The summed E-state index contributed by atoms with van der Waals surface area (Å²) in [6.45, 7) is 5.42. The van der Waals surface area contributed by atoms with Crippen LogP contribution in [0.5, 0.6) is 0 Å². The van der Waals surface area contributed by atoms with Gasteiger partial charge in [0.2, 0.25) is 0 Å². The summed E-state index contributed by atoms with van der Waals surface area (Å²) in [6.07, 6.45) is 2.15. The van der Waals surface area contributed by atoms with E-state index in [0.29, 0.717) is 5.69 Å². The molecule has 0 radical (unpaired) electrons. The summed E-state index contributed by atoms with van der Waals surface area (Å²) in [6, 6.07) is 14.9. The summed E-state index contributed by atoms with van der Waals surface area (Å²) in [5, 5.41) is 11.4. The van der Waals surface area contributed by atoms with Gasteiger partial charge in [0.1, 0.15) is 5.60 Å². The molecule has 2 N–H and O–H groups in total. The van der Waals surface area contributed by atoms with Gasteiger partial charge in [0, 0.05) is 11.8 Å². The fraction of sp³-hybridized carbons (Fsp3) is 0.200. The number of amides is 1. The molecule has 5 heteroatoms. The van der Waals surface area contributed by atoms with Crippen LogP contribution >= 0.6 is 0 Å². The molecular formula is C20H21NO4. The van der Waals surface area contributed by atoms with E-state index in [1.807, 2.05) is 57.2 Å². The second-order valence-corrected chi connectivity index (χ2v) is 6.50. The maximum Gasteiger partial charge on any atom is 0.412 e. The van der Waals surface area contributed by atoms with Crippen molar-refractivity contribution in [3.8, 4) is 11.1 Å². The number of carboxylic acid groups (broad SMARTS) is 1.